The van der Waals surface area contributed by atoms with Gasteiger partial charge in [0.1, 0.15) is 11.6 Å². The van der Waals surface area contributed by atoms with Gasteiger partial charge in [-0.25, -0.2) is 4.39 Å². The van der Waals surface area contributed by atoms with Gasteiger partial charge in [-0.15, -0.1) is 0 Å². The maximum absolute atomic E-state index is 14.1. The minimum Gasteiger partial charge on any atom is -0.497 e. The van der Waals surface area contributed by atoms with Crippen molar-refractivity contribution in [3.63, 3.8) is 0 Å². The lowest BCUT2D eigenvalue weighted by atomic mass is 10.00. The zero-order valence-corrected chi connectivity index (χ0v) is 16.0. The van der Waals surface area contributed by atoms with E-state index in [1.165, 1.54) is 24.3 Å². The molecule has 27 heavy (non-hydrogen) atoms. The van der Waals surface area contributed by atoms with Crippen LogP contribution in [0.1, 0.15) is 41.3 Å². The average Bonchev–Trinajstić information content (AvgIpc) is 2.67. The lowest BCUT2D eigenvalue weighted by molar-refractivity contribution is 0.0822. The van der Waals surface area contributed by atoms with Crippen molar-refractivity contribution in [2.24, 2.45) is 0 Å². The number of hydrogen-bond donors (Lipinski definition) is 1. The minimum absolute atomic E-state index is 0.148. The van der Waals surface area contributed by atoms with Gasteiger partial charge in [0, 0.05) is 23.9 Å². The largest absolute Gasteiger partial charge is 0.497 e. The van der Waals surface area contributed by atoms with Crippen molar-refractivity contribution in [2.75, 3.05) is 19.4 Å². The fourth-order valence-corrected chi connectivity index (χ4v) is 2.93. The van der Waals surface area contributed by atoms with Gasteiger partial charge in [0.2, 0.25) is 0 Å². The summed E-state index contributed by atoms with van der Waals surface area (Å²) in [6, 6.07) is 10.1. The Morgan fingerprint density at radius 3 is 2.63 bits per heavy atom. The third-order valence-electron chi connectivity index (χ3n) is 4.52. The number of methoxy groups -OCH3 is 1. The van der Waals surface area contributed by atoms with Crippen molar-refractivity contribution in [1.82, 2.24) is 4.90 Å². The Balaban J connectivity index is 2.15. The third kappa shape index (κ3) is 5.33. The number of carbonyl (C=O) groups is 1. The monoisotopic (exact) mass is 370 g/mol. The number of aryl methyl sites for hydroxylation is 1. The van der Waals surface area contributed by atoms with Gasteiger partial charge in [-0.2, -0.15) is 0 Å². The molecule has 0 aromatic heterocycles. The van der Waals surface area contributed by atoms with Crippen LogP contribution in [0.2, 0.25) is 0 Å². The number of amides is 1. The number of rotatable bonds is 9. The molecule has 4 nitrogen and oxygen atoms in total. The number of nitrogen functional groups attached to an aromatic ring is 1. The first-order chi connectivity index (χ1) is 13.0. The van der Waals surface area contributed by atoms with Gasteiger partial charge in [0.15, 0.2) is 0 Å². The van der Waals surface area contributed by atoms with Crippen molar-refractivity contribution in [3.05, 3.63) is 71.7 Å². The van der Waals surface area contributed by atoms with Crippen LogP contribution in [-0.4, -0.2) is 24.5 Å². The van der Waals surface area contributed by atoms with Crippen LogP contribution in [0.5, 0.6) is 5.75 Å². The van der Waals surface area contributed by atoms with Crippen LogP contribution in [0.15, 0.2) is 49.2 Å². The first-order valence-electron chi connectivity index (χ1n) is 9.14. The number of nitrogens with zero attached hydrogens (tertiary/aromatic N) is 1. The molecular weight excluding hydrogens is 343 g/mol. The Kier molecular flexibility index (Phi) is 7.41. The van der Waals surface area contributed by atoms with Crippen molar-refractivity contribution in [3.8, 4) is 5.75 Å². The maximum atomic E-state index is 14.1. The lowest BCUT2D eigenvalue weighted by Crippen LogP contribution is -2.28. The summed E-state index contributed by atoms with van der Waals surface area (Å²) in [5.74, 6) is -0.0257. The Labute approximate surface area is 160 Å². The summed E-state index contributed by atoms with van der Waals surface area (Å²) in [6.07, 6.45) is 4.68. The molecule has 0 spiro atoms. The summed E-state index contributed by atoms with van der Waals surface area (Å²) >= 11 is 0. The summed E-state index contributed by atoms with van der Waals surface area (Å²) in [6.45, 7) is 6.19. The number of hydrogen-bond acceptors (Lipinski definition) is 3. The normalized spacial score (nSPS) is 10.5. The molecule has 0 saturated heterocycles. The van der Waals surface area contributed by atoms with E-state index in [2.05, 4.69) is 13.5 Å². The summed E-state index contributed by atoms with van der Waals surface area (Å²) in [4.78, 5) is 14.5. The molecule has 0 atom stereocenters. The predicted octanol–water partition coefficient (Wildman–Crippen LogP) is 4.59. The van der Waals surface area contributed by atoms with Gasteiger partial charge in [0.05, 0.1) is 7.11 Å². The van der Waals surface area contributed by atoms with E-state index in [1.807, 2.05) is 6.07 Å². The van der Waals surface area contributed by atoms with Crippen molar-refractivity contribution in [2.45, 2.75) is 32.6 Å². The summed E-state index contributed by atoms with van der Waals surface area (Å²) in [5, 5.41) is 0. The number of nitrogens with two attached hydrogens (primary N) is 1. The molecule has 2 rings (SSSR count). The first-order valence-corrected chi connectivity index (χ1v) is 9.14. The van der Waals surface area contributed by atoms with Gasteiger partial charge in [-0.1, -0.05) is 26.0 Å². The van der Waals surface area contributed by atoms with E-state index >= 15 is 0 Å². The SMILES string of the molecule is C=CN(CCc1ccc(OC)cc1F)C(=O)c1ccc(N)cc1CCCC. The highest BCUT2D eigenvalue weighted by atomic mass is 19.1. The van der Waals surface area contributed by atoms with Crippen molar-refractivity contribution < 1.29 is 13.9 Å². The predicted molar refractivity (Wildman–Crippen MR) is 107 cm³/mol. The highest BCUT2D eigenvalue weighted by Gasteiger charge is 2.17. The number of carbonyl (C=O) groups excluding carboxylic acids is 1. The topological polar surface area (TPSA) is 55.6 Å². The Hall–Kier alpha value is -2.82. The quantitative estimate of drug-likeness (QED) is 0.657. The van der Waals surface area contributed by atoms with Gasteiger partial charge >= 0.3 is 0 Å². The van der Waals surface area contributed by atoms with Crippen LogP contribution in [0, 0.1) is 5.82 Å². The summed E-state index contributed by atoms with van der Waals surface area (Å²) in [5.41, 5.74) is 8.61. The summed E-state index contributed by atoms with van der Waals surface area (Å²) in [7, 11) is 1.50. The highest BCUT2D eigenvalue weighted by Crippen LogP contribution is 2.20. The molecule has 0 aliphatic heterocycles. The second kappa shape index (κ2) is 9.76. The Morgan fingerprint density at radius 2 is 2.00 bits per heavy atom. The second-order valence-electron chi connectivity index (χ2n) is 6.41. The molecule has 0 saturated carbocycles. The molecule has 2 N–H and O–H groups in total. The molecular formula is C22H27FN2O2. The first kappa shape index (κ1) is 20.5. The molecule has 0 fully saturated rings. The van der Waals surface area contributed by atoms with Crippen LogP contribution in [-0.2, 0) is 12.8 Å². The van der Waals surface area contributed by atoms with E-state index in [-0.39, 0.29) is 11.7 Å². The van der Waals surface area contributed by atoms with E-state index in [9.17, 15) is 9.18 Å². The smallest absolute Gasteiger partial charge is 0.258 e. The van der Waals surface area contributed by atoms with Crippen LogP contribution < -0.4 is 10.5 Å². The zero-order chi connectivity index (χ0) is 19.8. The minimum atomic E-state index is -0.345. The highest BCUT2D eigenvalue weighted by molar-refractivity contribution is 5.96. The van der Waals surface area contributed by atoms with Crippen LogP contribution in [0.3, 0.4) is 0 Å². The fourth-order valence-electron chi connectivity index (χ4n) is 2.93. The molecule has 0 aliphatic rings. The molecule has 2 aromatic carbocycles. The fraction of sp³-hybridized carbons (Fsp3) is 0.318. The molecule has 0 bridgehead atoms. The lowest BCUT2D eigenvalue weighted by Gasteiger charge is -2.20. The molecule has 1 amide bonds. The van der Waals surface area contributed by atoms with Gasteiger partial charge < -0.3 is 15.4 Å². The number of anilines is 1. The zero-order valence-electron chi connectivity index (χ0n) is 16.0. The number of ether oxygens (including phenoxy) is 1. The van der Waals surface area contributed by atoms with E-state index in [0.29, 0.717) is 35.5 Å². The van der Waals surface area contributed by atoms with Gasteiger partial charge in [-0.3, -0.25) is 4.79 Å². The van der Waals surface area contributed by atoms with E-state index < -0.39 is 0 Å². The van der Waals surface area contributed by atoms with Crippen LogP contribution >= 0.6 is 0 Å². The molecule has 5 heteroatoms. The molecule has 0 heterocycles. The molecule has 2 aromatic rings. The second-order valence-corrected chi connectivity index (χ2v) is 6.41. The molecule has 0 unspecified atom stereocenters. The van der Waals surface area contributed by atoms with E-state index in [0.717, 1.165) is 24.8 Å². The number of halogens is 1. The van der Waals surface area contributed by atoms with Crippen molar-refractivity contribution >= 4 is 11.6 Å². The molecule has 0 aliphatic carbocycles. The molecule has 0 radical (unpaired) electrons. The van der Waals surface area contributed by atoms with E-state index in [1.54, 1.807) is 24.3 Å². The number of unbranched alkanes of at least 4 members (excludes halogenated alkanes) is 1. The molecule has 144 valence electrons. The Morgan fingerprint density at radius 1 is 1.22 bits per heavy atom. The van der Waals surface area contributed by atoms with Gasteiger partial charge in [-0.05, 0) is 60.9 Å². The van der Waals surface area contributed by atoms with Crippen molar-refractivity contribution in [1.29, 1.82) is 0 Å². The van der Waals surface area contributed by atoms with Crippen LogP contribution in [0.25, 0.3) is 0 Å². The number of benzene rings is 2. The maximum Gasteiger partial charge on any atom is 0.258 e. The Bertz CT molecular complexity index is 805. The summed E-state index contributed by atoms with van der Waals surface area (Å²) < 4.78 is 19.2. The standard InChI is InChI=1S/C22H27FN2O2/c1-4-6-7-17-14-18(24)9-11-20(17)22(26)25(5-2)13-12-16-8-10-19(27-3)15-21(16)23/h5,8-11,14-15H,2,4,6-7,12-13,24H2,1,3H3. The average molecular weight is 370 g/mol. The van der Waals surface area contributed by atoms with Crippen LogP contribution in [0.4, 0.5) is 10.1 Å². The third-order valence-corrected chi connectivity index (χ3v) is 4.52. The van der Waals surface area contributed by atoms with E-state index in [4.69, 9.17) is 10.5 Å². The van der Waals surface area contributed by atoms with Gasteiger partial charge in [0.25, 0.3) is 5.91 Å².